The Hall–Kier alpha value is -1.78. The summed E-state index contributed by atoms with van der Waals surface area (Å²) in [5.41, 5.74) is 5.63. The summed E-state index contributed by atoms with van der Waals surface area (Å²) in [5, 5.41) is 9.10. The van der Waals surface area contributed by atoms with Crippen LogP contribution in [0.25, 0.3) is 16.9 Å². The normalized spacial score (nSPS) is 13.0. The third kappa shape index (κ3) is 2.56. The van der Waals surface area contributed by atoms with Crippen molar-refractivity contribution in [2.75, 3.05) is 11.9 Å². The topological polar surface area (TPSA) is 29.9 Å². The Kier molecular flexibility index (Phi) is 3.66. The van der Waals surface area contributed by atoms with Crippen LogP contribution in [0.1, 0.15) is 11.1 Å². The van der Waals surface area contributed by atoms with Crippen LogP contribution >= 0.6 is 27.5 Å². The highest BCUT2D eigenvalue weighted by molar-refractivity contribution is 9.10. The average molecular weight is 389 g/mol. The third-order valence-corrected chi connectivity index (χ3v) is 4.92. The van der Waals surface area contributed by atoms with E-state index in [4.69, 9.17) is 16.7 Å². The molecule has 0 amide bonds. The summed E-state index contributed by atoms with van der Waals surface area (Å²) in [6.07, 6.45) is 0.993. The maximum Gasteiger partial charge on any atom is 0.133 e. The molecule has 0 radical (unpaired) electrons. The van der Waals surface area contributed by atoms with Gasteiger partial charge >= 0.3 is 0 Å². The second-order valence-corrected chi connectivity index (χ2v) is 7.05. The van der Waals surface area contributed by atoms with E-state index in [2.05, 4.69) is 52.4 Å². The van der Waals surface area contributed by atoms with Crippen LogP contribution in [0.4, 0.5) is 5.82 Å². The van der Waals surface area contributed by atoms with E-state index < -0.39 is 0 Å². The quantitative estimate of drug-likeness (QED) is 0.651. The smallest absolute Gasteiger partial charge is 0.133 e. The molecule has 4 rings (SSSR count). The van der Waals surface area contributed by atoms with Crippen molar-refractivity contribution in [3.05, 3.63) is 63.1 Å². The fourth-order valence-electron chi connectivity index (χ4n) is 3.05. The van der Waals surface area contributed by atoms with Gasteiger partial charge in [-0.3, -0.25) is 0 Å². The lowest BCUT2D eigenvalue weighted by molar-refractivity contribution is 0.875. The predicted molar refractivity (Wildman–Crippen MR) is 98.6 cm³/mol. The van der Waals surface area contributed by atoms with Crippen molar-refractivity contribution in [2.24, 2.45) is 0 Å². The van der Waals surface area contributed by atoms with E-state index in [1.807, 2.05) is 22.9 Å². The number of benzene rings is 2. The van der Waals surface area contributed by atoms with E-state index in [9.17, 15) is 0 Å². The molecule has 1 N–H and O–H groups in total. The van der Waals surface area contributed by atoms with E-state index in [0.717, 1.165) is 50.8 Å². The molecule has 0 atom stereocenters. The summed E-state index contributed by atoms with van der Waals surface area (Å²) in [6.45, 7) is 3.01. The molecule has 0 unspecified atom stereocenters. The maximum absolute atomic E-state index is 6.09. The Bertz CT molecular complexity index is 884. The Morgan fingerprint density at radius 1 is 1.17 bits per heavy atom. The van der Waals surface area contributed by atoms with E-state index in [1.54, 1.807) is 0 Å². The number of hydrogen-bond acceptors (Lipinski definition) is 2. The van der Waals surface area contributed by atoms with E-state index >= 15 is 0 Å². The van der Waals surface area contributed by atoms with Gasteiger partial charge in [-0.15, -0.1) is 0 Å². The zero-order valence-electron chi connectivity index (χ0n) is 12.6. The molecular weight excluding hydrogens is 374 g/mol. The molecule has 3 nitrogen and oxygen atoms in total. The van der Waals surface area contributed by atoms with Gasteiger partial charge in [0.1, 0.15) is 5.82 Å². The molecular formula is C18H15BrClN3. The summed E-state index contributed by atoms with van der Waals surface area (Å²) in [5.74, 6) is 1.09. The van der Waals surface area contributed by atoms with Crippen molar-refractivity contribution in [1.29, 1.82) is 0 Å². The molecule has 2 heterocycles. The number of halogens is 2. The van der Waals surface area contributed by atoms with Gasteiger partial charge in [-0.05, 0) is 49.2 Å². The largest absolute Gasteiger partial charge is 0.369 e. The summed E-state index contributed by atoms with van der Waals surface area (Å²) in [6, 6.07) is 14.2. The molecule has 3 aromatic rings. The monoisotopic (exact) mass is 387 g/mol. The van der Waals surface area contributed by atoms with Crippen LogP contribution in [0.5, 0.6) is 0 Å². The minimum absolute atomic E-state index is 0.746. The van der Waals surface area contributed by atoms with Crippen LogP contribution in [0.15, 0.2) is 46.9 Å². The first-order valence-corrected chi connectivity index (χ1v) is 8.69. The van der Waals surface area contributed by atoms with E-state index in [1.165, 1.54) is 5.56 Å². The number of anilines is 1. The fourth-order valence-corrected chi connectivity index (χ4v) is 3.54. The molecule has 0 spiro atoms. The van der Waals surface area contributed by atoms with Crippen LogP contribution in [0, 0.1) is 6.92 Å². The Balaban J connectivity index is 1.89. The SMILES string of the molecule is Cc1cc(Cl)ccc1-n1nc(-c2ccc(Br)cc2)c2c1NCC2. The lowest BCUT2D eigenvalue weighted by Gasteiger charge is -2.09. The van der Waals surface area contributed by atoms with Crippen LogP contribution < -0.4 is 5.32 Å². The average Bonchev–Trinajstić information content (AvgIpc) is 3.11. The maximum atomic E-state index is 6.09. The molecule has 1 aromatic heterocycles. The second-order valence-electron chi connectivity index (χ2n) is 5.70. The highest BCUT2D eigenvalue weighted by atomic mass is 79.9. The first kappa shape index (κ1) is 14.8. The molecule has 1 aliphatic rings. The van der Waals surface area contributed by atoms with Gasteiger partial charge in [0.15, 0.2) is 0 Å². The van der Waals surface area contributed by atoms with Crippen LogP contribution in [-0.2, 0) is 6.42 Å². The predicted octanol–water partition coefficient (Wildman–Crippen LogP) is 5.23. The zero-order valence-corrected chi connectivity index (χ0v) is 14.9. The second kappa shape index (κ2) is 5.69. The van der Waals surface area contributed by atoms with Crippen LogP contribution in [-0.4, -0.2) is 16.3 Å². The van der Waals surface area contributed by atoms with Crippen molar-refractivity contribution in [3.63, 3.8) is 0 Å². The highest BCUT2D eigenvalue weighted by Crippen LogP contribution is 2.35. The van der Waals surface area contributed by atoms with Gasteiger partial charge in [-0.25, -0.2) is 4.68 Å². The lowest BCUT2D eigenvalue weighted by atomic mass is 10.1. The van der Waals surface area contributed by atoms with Gasteiger partial charge in [-0.2, -0.15) is 5.10 Å². The van der Waals surface area contributed by atoms with Gasteiger partial charge in [0.25, 0.3) is 0 Å². The standard InChI is InChI=1S/C18H15BrClN3/c1-11-10-14(20)6-7-16(11)23-18-15(8-9-21-18)17(22-23)12-2-4-13(19)5-3-12/h2-7,10,21H,8-9H2,1H3. The van der Waals surface area contributed by atoms with Crippen molar-refractivity contribution in [3.8, 4) is 16.9 Å². The van der Waals surface area contributed by atoms with Gasteiger partial charge < -0.3 is 5.32 Å². The number of aromatic nitrogens is 2. The van der Waals surface area contributed by atoms with E-state index in [-0.39, 0.29) is 0 Å². The zero-order chi connectivity index (χ0) is 16.0. The number of nitrogens with zero attached hydrogens (tertiary/aromatic N) is 2. The van der Waals surface area contributed by atoms with Gasteiger partial charge in [0, 0.05) is 27.2 Å². The Labute approximate surface area is 148 Å². The molecule has 0 aliphatic carbocycles. The Morgan fingerprint density at radius 2 is 1.96 bits per heavy atom. The molecule has 23 heavy (non-hydrogen) atoms. The summed E-state index contributed by atoms with van der Waals surface area (Å²) in [7, 11) is 0. The fraction of sp³-hybridized carbons (Fsp3) is 0.167. The molecule has 0 bridgehead atoms. The summed E-state index contributed by atoms with van der Waals surface area (Å²) < 4.78 is 3.08. The van der Waals surface area contributed by atoms with Crippen molar-refractivity contribution in [1.82, 2.24) is 9.78 Å². The molecule has 116 valence electrons. The Morgan fingerprint density at radius 3 is 2.70 bits per heavy atom. The number of aryl methyl sites for hydroxylation is 1. The molecule has 0 fully saturated rings. The van der Waals surface area contributed by atoms with Crippen LogP contribution in [0.3, 0.4) is 0 Å². The molecule has 2 aromatic carbocycles. The molecule has 0 saturated heterocycles. The highest BCUT2D eigenvalue weighted by Gasteiger charge is 2.24. The summed E-state index contributed by atoms with van der Waals surface area (Å²) in [4.78, 5) is 0. The first-order valence-electron chi connectivity index (χ1n) is 7.52. The van der Waals surface area contributed by atoms with Gasteiger partial charge in [0.2, 0.25) is 0 Å². The lowest BCUT2D eigenvalue weighted by Crippen LogP contribution is -2.05. The van der Waals surface area contributed by atoms with Crippen LogP contribution in [0.2, 0.25) is 5.02 Å². The number of rotatable bonds is 2. The number of fused-ring (bicyclic) bond motifs is 1. The van der Waals surface area contributed by atoms with E-state index in [0.29, 0.717) is 0 Å². The summed E-state index contributed by atoms with van der Waals surface area (Å²) >= 11 is 9.58. The molecule has 1 aliphatic heterocycles. The molecule has 5 heteroatoms. The minimum Gasteiger partial charge on any atom is -0.369 e. The third-order valence-electron chi connectivity index (χ3n) is 4.16. The minimum atomic E-state index is 0.746. The number of nitrogens with one attached hydrogen (secondary N) is 1. The van der Waals surface area contributed by atoms with Gasteiger partial charge in [0.05, 0.1) is 11.4 Å². The van der Waals surface area contributed by atoms with Crippen molar-refractivity contribution in [2.45, 2.75) is 13.3 Å². The van der Waals surface area contributed by atoms with Gasteiger partial charge in [-0.1, -0.05) is 39.7 Å². The number of hydrogen-bond donors (Lipinski definition) is 1. The van der Waals surface area contributed by atoms with Crippen molar-refractivity contribution < 1.29 is 0 Å². The molecule has 0 saturated carbocycles. The van der Waals surface area contributed by atoms with Crippen molar-refractivity contribution >= 4 is 33.3 Å². The first-order chi connectivity index (χ1) is 11.1.